The van der Waals surface area contributed by atoms with Gasteiger partial charge in [0.25, 0.3) is 0 Å². The van der Waals surface area contributed by atoms with Crippen LogP contribution in [0, 0.1) is 5.92 Å². The predicted molar refractivity (Wildman–Crippen MR) is 161 cm³/mol. The third kappa shape index (κ3) is 15.9. The number of nitrogens with one attached hydrogen (secondary N) is 5. The second-order valence-corrected chi connectivity index (χ2v) is 11.0. The van der Waals surface area contributed by atoms with Crippen molar-refractivity contribution >= 4 is 46.5 Å². The summed E-state index contributed by atoms with van der Waals surface area (Å²) in [5, 5.41) is 13.8. The molecule has 0 radical (unpaired) electrons. The van der Waals surface area contributed by atoms with Crippen LogP contribution in [-0.4, -0.2) is 66.5 Å². The maximum absolute atomic E-state index is 13.2. The Balaban J connectivity index is 2.82. The third-order valence-corrected chi connectivity index (χ3v) is 6.45. The van der Waals surface area contributed by atoms with E-state index in [2.05, 4.69) is 40.4 Å². The van der Waals surface area contributed by atoms with Gasteiger partial charge in [-0.2, -0.15) is 0 Å². The fourth-order valence-corrected chi connectivity index (χ4v) is 3.92. The molecule has 2 atom stereocenters. The van der Waals surface area contributed by atoms with Gasteiger partial charge in [-0.25, -0.2) is 9.59 Å². The minimum absolute atomic E-state index is 0.108. The Hall–Kier alpha value is -3.32. The smallest absolute Gasteiger partial charge is 0.367 e. The van der Waals surface area contributed by atoms with Crippen LogP contribution < -0.4 is 32.3 Å². The van der Waals surface area contributed by atoms with Crippen molar-refractivity contribution in [2.45, 2.75) is 84.5 Å². The number of carbonyl (C=O) groups is 5. The van der Waals surface area contributed by atoms with Crippen LogP contribution in [0.2, 0.25) is 0 Å². The van der Waals surface area contributed by atoms with E-state index in [1.165, 1.54) is 0 Å². The first kappa shape index (κ1) is 35.7. The molecule has 1 aromatic rings. The van der Waals surface area contributed by atoms with Crippen molar-refractivity contribution in [1.82, 2.24) is 21.3 Å². The second-order valence-electron chi connectivity index (χ2n) is 10.3. The van der Waals surface area contributed by atoms with Gasteiger partial charge in [0.2, 0.25) is 17.7 Å². The number of hydrogen-bond donors (Lipinski definition) is 6. The van der Waals surface area contributed by atoms with Crippen LogP contribution in [0.5, 0.6) is 0 Å². The Kier molecular flexibility index (Phi) is 17.2. The average molecular weight is 595 g/mol. The SMILES string of the molecule is CSC(=O)OCc1ccc(NC(=O)C(CCCNC(N)=O)NC(=O)[C@@H](NC(=O)CCCCNC(C)C)C(C)C)cc1. The molecule has 0 spiro atoms. The van der Waals surface area contributed by atoms with Crippen molar-refractivity contribution in [2.75, 3.05) is 24.7 Å². The van der Waals surface area contributed by atoms with Gasteiger partial charge in [-0.3, -0.25) is 14.4 Å². The molecule has 0 aliphatic rings. The molecular formula is C28H46N6O6S. The van der Waals surface area contributed by atoms with Gasteiger partial charge < -0.3 is 37.1 Å². The Labute approximate surface area is 247 Å². The Morgan fingerprint density at radius 1 is 0.902 bits per heavy atom. The number of unbranched alkanes of at least 4 members (excludes halogenated alkanes) is 1. The lowest BCUT2D eigenvalue weighted by atomic mass is 10.0. The molecule has 13 heteroatoms. The predicted octanol–water partition coefficient (Wildman–Crippen LogP) is 2.87. The summed E-state index contributed by atoms with van der Waals surface area (Å²) >= 11 is 0.977. The first-order valence-electron chi connectivity index (χ1n) is 13.9. The molecule has 7 N–H and O–H groups in total. The van der Waals surface area contributed by atoms with Crippen LogP contribution in [0.15, 0.2) is 24.3 Å². The summed E-state index contributed by atoms with van der Waals surface area (Å²) in [6.07, 6.45) is 4.06. The number of nitrogens with two attached hydrogens (primary N) is 1. The third-order valence-electron chi connectivity index (χ3n) is 6.00. The quantitative estimate of drug-likeness (QED) is 0.111. The van der Waals surface area contributed by atoms with Crippen molar-refractivity contribution in [3.05, 3.63) is 29.8 Å². The van der Waals surface area contributed by atoms with Crippen molar-refractivity contribution in [1.29, 1.82) is 0 Å². The van der Waals surface area contributed by atoms with E-state index in [1.807, 2.05) is 13.8 Å². The van der Waals surface area contributed by atoms with Gasteiger partial charge in [-0.15, -0.1) is 0 Å². The summed E-state index contributed by atoms with van der Waals surface area (Å²) in [5.41, 5.74) is 6.36. The number of thioether (sulfide) groups is 1. The molecule has 0 aliphatic carbocycles. The molecule has 0 aromatic heterocycles. The number of hydrogen-bond acceptors (Lipinski definition) is 8. The Morgan fingerprint density at radius 3 is 2.17 bits per heavy atom. The zero-order chi connectivity index (χ0) is 30.8. The van der Waals surface area contributed by atoms with Crippen LogP contribution >= 0.6 is 11.8 Å². The fraction of sp³-hybridized carbons (Fsp3) is 0.607. The van der Waals surface area contributed by atoms with Gasteiger partial charge in [0, 0.05) is 24.7 Å². The number of urea groups is 1. The van der Waals surface area contributed by atoms with Crippen molar-refractivity contribution in [2.24, 2.45) is 11.7 Å². The lowest BCUT2D eigenvalue weighted by Crippen LogP contribution is -2.54. The molecule has 0 aliphatic heterocycles. The van der Waals surface area contributed by atoms with Gasteiger partial charge in [-0.05, 0) is 73.9 Å². The molecule has 230 valence electrons. The highest BCUT2D eigenvalue weighted by atomic mass is 32.2. The largest absolute Gasteiger partial charge is 0.453 e. The summed E-state index contributed by atoms with van der Waals surface area (Å²) in [7, 11) is 0. The molecule has 0 saturated carbocycles. The molecular weight excluding hydrogens is 548 g/mol. The van der Waals surface area contributed by atoms with E-state index in [4.69, 9.17) is 10.5 Å². The fourth-order valence-electron chi connectivity index (χ4n) is 3.74. The highest BCUT2D eigenvalue weighted by Gasteiger charge is 2.28. The minimum Gasteiger partial charge on any atom is -0.453 e. The monoisotopic (exact) mass is 594 g/mol. The normalized spacial score (nSPS) is 12.4. The van der Waals surface area contributed by atoms with Crippen LogP contribution in [0.1, 0.15) is 65.4 Å². The zero-order valence-corrected chi connectivity index (χ0v) is 25.5. The first-order valence-corrected chi connectivity index (χ1v) is 15.1. The summed E-state index contributed by atoms with van der Waals surface area (Å²) < 4.78 is 5.08. The number of amides is 5. The van der Waals surface area contributed by atoms with E-state index >= 15 is 0 Å². The molecule has 1 unspecified atom stereocenters. The summed E-state index contributed by atoms with van der Waals surface area (Å²) in [5.74, 6) is -1.36. The molecule has 0 saturated heterocycles. The van der Waals surface area contributed by atoms with E-state index in [0.29, 0.717) is 31.0 Å². The number of anilines is 1. The molecule has 1 aromatic carbocycles. The van der Waals surface area contributed by atoms with Gasteiger partial charge in [0.1, 0.15) is 18.7 Å². The first-order chi connectivity index (χ1) is 19.4. The second kappa shape index (κ2) is 19.7. The topological polar surface area (TPSA) is 181 Å². The lowest BCUT2D eigenvalue weighted by molar-refractivity contribution is -0.132. The van der Waals surface area contributed by atoms with E-state index in [0.717, 1.165) is 30.3 Å². The zero-order valence-electron chi connectivity index (χ0n) is 24.7. The number of rotatable bonds is 18. The van der Waals surface area contributed by atoms with E-state index in [1.54, 1.807) is 30.5 Å². The van der Waals surface area contributed by atoms with Gasteiger partial charge in [0.15, 0.2) is 0 Å². The molecule has 5 amide bonds. The van der Waals surface area contributed by atoms with Crippen molar-refractivity contribution in [3.8, 4) is 0 Å². The van der Waals surface area contributed by atoms with Crippen LogP contribution in [0.4, 0.5) is 15.3 Å². The number of primary amides is 1. The summed E-state index contributed by atoms with van der Waals surface area (Å²) in [6, 6.07) is 4.72. The van der Waals surface area contributed by atoms with Gasteiger partial charge in [0.05, 0.1) is 0 Å². The molecule has 41 heavy (non-hydrogen) atoms. The maximum Gasteiger partial charge on any atom is 0.367 e. The summed E-state index contributed by atoms with van der Waals surface area (Å²) in [6.45, 7) is 8.91. The minimum atomic E-state index is -0.931. The van der Waals surface area contributed by atoms with Crippen molar-refractivity contribution in [3.63, 3.8) is 0 Å². The van der Waals surface area contributed by atoms with Crippen LogP contribution in [0.3, 0.4) is 0 Å². The highest BCUT2D eigenvalue weighted by Crippen LogP contribution is 2.14. The lowest BCUT2D eigenvalue weighted by Gasteiger charge is -2.25. The Morgan fingerprint density at radius 2 is 1.59 bits per heavy atom. The molecule has 0 heterocycles. The highest BCUT2D eigenvalue weighted by molar-refractivity contribution is 8.12. The van der Waals surface area contributed by atoms with Crippen LogP contribution in [0.25, 0.3) is 0 Å². The van der Waals surface area contributed by atoms with Gasteiger partial charge in [-0.1, -0.05) is 39.8 Å². The molecule has 1 rings (SSSR count). The van der Waals surface area contributed by atoms with Crippen LogP contribution in [-0.2, 0) is 25.7 Å². The molecule has 12 nitrogen and oxygen atoms in total. The molecule has 0 bridgehead atoms. The molecule has 0 fully saturated rings. The van der Waals surface area contributed by atoms with E-state index in [-0.39, 0.29) is 36.7 Å². The van der Waals surface area contributed by atoms with E-state index < -0.39 is 29.9 Å². The van der Waals surface area contributed by atoms with Crippen molar-refractivity contribution < 1.29 is 28.7 Å². The maximum atomic E-state index is 13.2. The summed E-state index contributed by atoms with van der Waals surface area (Å²) in [4.78, 5) is 61.3. The number of carbonyl (C=O) groups excluding carboxylic acids is 5. The Bertz CT molecular complexity index is 989. The van der Waals surface area contributed by atoms with E-state index in [9.17, 15) is 24.0 Å². The number of benzene rings is 1. The van der Waals surface area contributed by atoms with Gasteiger partial charge >= 0.3 is 11.3 Å². The standard InChI is InChI=1S/C28H46N6O6S/c1-18(2)24(34-23(35)10-6-7-15-30-19(3)4)26(37)33-22(9-8-16-31-27(29)38)25(36)32-21-13-11-20(12-14-21)17-40-28(39)41-5/h11-14,18-19,22,24,30H,6-10,15-17H2,1-5H3,(H,32,36)(H,33,37)(H,34,35)(H3,29,31,38)/t22?,24-/m0/s1. The average Bonchev–Trinajstić information content (AvgIpc) is 2.91. The number of ether oxygens (including phenoxy) is 1.